The molecule has 0 radical (unpaired) electrons. The van der Waals surface area contributed by atoms with E-state index in [1.807, 2.05) is 42.5 Å². The zero-order valence-corrected chi connectivity index (χ0v) is 14.3. The van der Waals surface area contributed by atoms with Gasteiger partial charge in [-0.25, -0.2) is 5.06 Å². The summed E-state index contributed by atoms with van der Waals surface area (Å²) in [5.41, 5.74) is 1.68. The van der Waals surface area contributed by atoms with Crippen LogP contribution in [0.5, 0.6) is 0 Å². The Kier molecular flexibility index (Phi) is 4.40. The van der Waals surface area contributed by atoms with Gasteiger partial charge in [0.05, 0.1) is 24.9 Å². The molecule has 0 bridgehead atoms. The lowest BCUT2D eigenvalue weighted by Crippen LogP contribution is -2.39. The number of ether oxygens (including phenoxy) is 1. The van der Waals surface area contributed by atoms with Crippen LogP contribution < -0.4 is 5.06 Å². The van der Waals surface area contributed by atoms with Crippen LogP contribution in [0.15, 0.2) is 54.9 Å². The van der Waals surface area contributed by atoms with E-state index in [1.165, 1.54) is 4.90 Å². The van der Waals surface area contributed by atoms with Crippen molar-refractivity contribution in [2.45, 2.75) is 12.1 Å². The SMILES string of the molecule is COCCN1C(=O)[C@H]2[C@H](ON(c3ccccc3)[C@@H]2c2ccncc2)C1=O. The van der Waals surface area contributed by atoms with Gasteiger partial charge in [-0.1, -0.05) is 18.2 Å². The van der Waals surface area contributed by atoms with Gasteiger partial charge >= 0.3 is 0 Å². The van der Waals surface area contributed by atoms with E-state index in [4.69, 9.17) is 9.57 Å². The van der Waals surface area contributed by atoms with E-state index in [0.29, 0.717) is 6.61 Å². The summed E-state index contributed by atoms with van der Waals surface area (Å²) in [6.07, 6.45) is 2.53. The molecular weight excluding hydrogens is 334 g/mol. The Morgan fingerprint density at radius 1 is 1.08 bits per heavy atom. The maximum absolute atomic E-state index is 13.0. The van der Waals surface area contributed by atoms with Crippen molar-refractivity contribution in [3.05, 3.63) is 60.4 Å². The number of carbonyl (C=O) groups is 2. The number of aromatic nitrogens is 1. The van der Waals surface area contributed by atoms with Crippen LogP contribution in [0.25, 0.3) is 0 Å². The van der Waals surface area contributed by atoms with Gasteiger partial charge in [-0.2, -0.15) is 0 Å². The Bertz CT molecular complexity index is 799. The second-order valence-corrected chi connectivity index (χ2v) is 6.26. The largest absolute Gasteiger partial charge is 0.383 e. The van der Waals surface area contributed by atoms with Crippen molar-refractivity contribution in [2.75, 3.05) is 25.3 Å². The van der Waals surface area contributed by atoms with Gasteiger partial charge < -0.3 is 4.74 Å². The molecule has 0 N–H and O–H groups in total. The number of rotatable bonds is 5. The molecule has 2 fully saturated rings. The Labute approximate surface area is 151 Å². The lowest BCUT2D eigenvalue weighted by molar-refractivity contribution is -0.143. The molecule has 2 aliphatic heterocycles. The molecule has 0 aliphatic carbocycles. The highest BCUT2D eigenvalue weighted by Gasteiger charge is 2.59. The van der Waals surface area contributed by atoms with Crippen LogP contribution in [0.4, 0.5) is 5.69 Å². The Hall–Kier alpha value is -2.77. The summed E-state index contributed by atoms with van der Waals surface area (Å²) in [5, 5.41) is 1.67. The fourth-order valence-corrected chi connectivity index (χ4v) is 3.57. The number of carbonyl (C=O) groups excluding carboxylic acids is 2. The number of hydrogen-bond acceptors (Lipinski definition) is 6. The van der Waals surface area contributed by atoms with E-state index in [-0.39, 0.29) is 18.4 Å². The third kappa shape index (κ3) is 2.65. The maximum Gasteiger partial charge on any atom is 0.262 e. The van der Waals surface area contributed by atoms with Crippen molar-refractivity contribution in [2.24, 2.45) is 5.92 Å². The Morgan fingerprint density at radius 2 is 1.81 bits per heavy atom. The quantitative estimate of drug-likeness (QED) is 0.760. The molecule has 3 heterocycles. The highest BCUT2D eigenvalue weighted by molar-refractivity contribution is 6.07. The summed E-state index contributed by atoms with van der Waals surface area (Å²) < 4.78 is 5.02. The number of nitrogens with zero attached hydrogens (tertiary/aromatic N) is 3. The summed E-state index contributed by atoms with van der Waals surface area (Å²) in [7, 11) is 1.54. The molecule has 2 amide bonds. The zero-order valence-electron chi connectivity index (χ0n) is 14.3. The Morgan fingerprint density at radius 3 is 2.50 bits per heavy atom. The van der Waals surface area contributed by atoms with E-state index in [1.54, 1.807) is 24.6 Å². The number of fused-ring (bicyclic) bond motifs is 1. The predicted molar refractivity (Wildman–Crippen MR) is 92.9 cm³/mol. The minimum Gasteiger partial charge on any atom is -0.383 e. The summed E-state index contributed by atoms with van der Waals surface area (Å²) in [4.78, 5) is 37.0. The van der Waals surface area contributed by atoms with Crippen LogP contribution in [0.3, 0.4) is 0 Å². The fourth-order valence-electron chi connectivity index (χ4n) is 3.57. The normalized spacial score (nSPS) is 25.0. The molecule has 3 atom stereocenters. The summed E-state index contributed by atoms with van der Waals surface area (Å²) >= 11 is 0. The molecule has 1 aromatic carbocycles. The average Bonchev–Trinajstić information content (AvgIpc) is 3.19. The lowest BCUT2D eigenvalue weighted by atomic mass is 9.91. The van der Waals surface area contributed by atoms with Crippen molar-refractivity contribution >= 4 is 17.5 Å². The van der Waals surface area contributed by atoms with Crippen LogP contribution in [-0.2, 0) is 19.2 Å². The molecular formula is C19H19N3O4. The molecule has 26 heavy (non-hydrogen) atoms. The standard InChI is InChI=1S/C19H19N3O4/c1-25-12-11-21-18(23)15-16(13-7-9-20-10-8-13)22(26-17(15)19(21)24)14-5-3-2-4-6-14/h2-10,15-17H,11-12H2,1H3/t15-,16-,17+/m1/s1. The van der Waals surface area contributed by atoms with Crippen molar-refractivity contribution in [1.29, 1.82) is 0 Å². The molecule has 7 heteroatoms. The summed E-state index contributed by atoms with van der Waals surface area (Å²) in [6, 6.07) is 12.8. The first-order valence-corrected chi connectivity index (χ1v) is 8.47. The average molecular weight is 353 g/mol. The number of amides is 2. The smallest absolute Gasteiger partial charge is 0.262 e. The number of anilines is 1. The van der Waals surface area contributed by atoms with Crippen molar-refractivity contribution in [1.82, 2.24) is 9.88 Å². The van der Waals surface area contributed by atoms with Crippen LogP contribution in [0.1, 0.15) is 11.6 Å². The number of likely N-dealkylation sites (tertiary alicyclic amines) is 1. The van der Waals surface area contributed by atoms with Crippen LogP contribution in [0.2, 0.25) is 0 Å². The number of hydroxylamine groups is 1. The third-order valence-corrected chi connectivity index (χ3v) is 4.78. The molecule has 7 nitrogen and oxygen atoms in total. The molecule has 2 aromatic rings. The molecule has 0 spiro atoms. The zero-order chi connectivity index (χ0) is 18.1. The minimum atomic E-state index is -0.822. The van der Waals surface area contributed by atoms with Gasteiger partial charge in [0.1, 0.15) is 5.92 Å². The first kappa shape index (κ1) is 16.7. The van der Waals surface area contributed by atoms with E-state index in [0.717, 1.165) is 11.3 Å². The molecule has 134 valence electrons. The molecule has 0 unspecified atom stereocenters. The van der Waals surface area contributed by atoms with Gasteiger partial charge in [0.2, 0.25) is 5.91 Å². The maximum atomic E-state index is 13.0. The van der Waals surface area contributed by atoms with E-state index in [9.17, 15) is 9.59 Å². The summed E-state index contributed by atoms with van der Waals surface area (Å²) in [5.74, 6) is -1.13. The van der Waals surface area contributed by atoms with Gasteiger partial charge in [-0.05, 0) is 29.8 Å². The van der Waals surface area contributed by atoms with Crippen molar-refractivity contribution in [3.63, 3.8) is 0 Å². The fraction of sp³-hybridized carbons (Fsp3) is 0.316. The third-order valence-electron chi connectivity index (χ3n) is 4.78. The topological polar surface area (TPSA) is 72.0 Å². The Balaban J connectivity index is 1.73. The van der Waals surface area contributed by atoms with E-state index >= 15 is 0 Å². The molecule has 4 rings (SSSR count). The minimum absolute atomic E-state index is 0.225. The highest BCUT2D eigenvalue weighted by Crippen LogP contribution is 2.46. The predicted octanol–water partition coefficient (Wildman–Crippen LogP) is 1.57. The number of benzene rings is 1. The molecule has 2 saturated heterocycles. The van der Waals surface area contributed by atoms with Gasteiger partial charge in [0.25, 0.3) is 5.91 Å². The van der Waals surface area contributed by atoms with E-state index < -0.39 is 18.1 Å². The first-order chi connectivity index (χ1) is 12.7. The number of imide groups is 1. The molecule has 1 aromatic heterocycles. The van der Waals surface area contributed by atoms with Crippen molar-refractivity contribution < 1.29 is 19.2 Å². The molecule has 2 aliphatic rings. The van der Waals surface area contributed by atoms with Crippen LogP contribution in [-0.4, -0.2) is 48.1 Å². The first-order valence-electron chi connectivity index (χ1n) is 8.47. The van der Waals surface area contributed by atoms with Crippen LogP contribution >= 0.6 is 0 Å². The second-order valence-electron chi connectivity index (χ2n) is 6.26. The van der Waals surface area contributed by atoms with Gasteiger partial charge in [-0.3, -0.25) is 24.3 Å². The molecule has 0 saturated carbocycles. The number of para-hydroxylation sites is 1. The van der Waals surface area contributed by atoms with Gasteiger partial charge in [0, 0.05) is 19.5 Å². The van der Waals surface area contributed by atoms with Crippen LogP contribution in [0, 0.1) is 5.92 Å². The van der Waals surface area contributed by atoms with E-state index in [2.05, 4.69) is 4.98 Å². The number of pyridine rings is 1. The highest BCUT2D eigenvalue weighted by atomic mass is 16.7. The monoisotopic (exact) mass is 353 g/mol. The van der Waals surface area contributed by atoms with Crippen molar-refractivity contribution in [3.8, 4) is 0 Å². The number of methoxy groups -OCH3 is 1. The number of hydrogen-bond donors (Lipinski definition) is 0. The second kappa shape index (κ2) is 6.86. The lowest BCUT2D eigenvalue weighted by Gasteiger charge is -2.28. The summed E-state index contributed by atoms with van der Waals surface area (Å²) in [6.45, 7) is 0.540. The van der Waals surface area contributed by atoms with Gasteiger partial charge in [-0.15, -0.1) is 0 Å². The van der Waals surface area contributed by atoms with Gasteiger partial charge in [0.15, 0.2) is 6.10 Å².